The maximum absolute atomic E-state index is 12.6. The largest absolute Gasteiger partial charge is 0.478 e. The highest BCUT2D eigenvalue weighted by Crippen LogP contribution is 2.28. The smallest absolute Gasteiger partial charge is 0.347 e. The van der Waals surface area contributed by atoms with Crippen LogP contribution in [0.4, 0.5) is 5.69 Å². The number of carboxylic acids is 1. The molecule has 1 fully saturated rings. The fraction of sp³-hybridized carbons (Fsp3) is 0.391. The molecule has 0 saturated heterocycles. The normalized spacial score (nSPS) is 14.2. The molecule has 1 saturated carbocycles. The fourth-order valence-corrected chi connectivity index (χ4v) is 3.72. The molecule has 166 valence electrons. The Morgan fingerprint density at radius 3 is 2.39 bits per heavy atom. The summed E-state index contributed by atoms with van der Waals surface area (Å²) in [4.78, 5) is 26.0. The molecule has 1 aliphatic carbocycles. The molecule has 0 atom stereocenters. The number of rotatable bonds is 9. The van der Waals surface area contributed by atoms with Crippen molar-refractivity contribution in [3.63, 3.8) is 0 Å². The van der Waals surface area contributed by atoms with E-state index in [0.717, 1.165) is 24.8 Å². The predicted octanol–water partition coefficient (Wildman–Crippen LogP) is 5.23. The highest BCUT2D eigenvalue weighted by Gasteiger charge is 2.30. The molecule has 6 nitrogen and oxygen atoms in total. The van der Waals surface area contributed by atoms with Crippen molar-refractivity contribution in [3.05, 3.63) is 58.1 Å². The van der Waals surface area contributed by atoms with Crippen LogP contribution in [-0.2, 0) is 16.1 Å². The van der Waals surface area contributed by atoms with Crippen LogP contribution in [0.5, 0.6) is 5.75 Å². The summed E-state index contributed by atoms with van der Waals surface area (Å²) in [7, 11) is 0. The van der Waals surface area contributed by atoms with E-state index in [1.807, 2.05) is 12.1 Å². The lowest BCUT2D eigenvalue weighted by molar-refractivity contribution is -0.152. The molecule has 1 aliphatic rings. The third-order valence-electron chi connectivity index (χ3n) is 5.34. The van der Waals surface area contributed by atoms with Crippen molar-refractivity contribution in [1.29, 1.82) is 0 Å². The Balaban J connectivity index is 1.63. The number of nitrogens with one attached hydrogen (secondary N) is 1. The Bertz CT molecular complexity index is 943. The summed E-state index contributed by atoms with van der Waals surface area (Å²) in [6.45, 7) is 3.86. The van der Waals surface area contributed by atoms with E-state index in [4.69, 9.17) is 27.9 Å². The van der Waals surface area contributed by atoms with Gasteiger partial charge in [0.15, 0.2) is 5.60 Å². The number of carbonyl (C=O) groups is 2. The molecule has 0 spiro atoms. The molecule has 0 radical (unpaired) electrons. The van der Waals surface area contributed by atoms with Crippen molar-refractivity contribution >= 4 is 40.8 Å². The zero-order chi connectivity index (χ0) is 22.6. The first-order chi connectivity index (χ1) is 14.6. The Kier molecular flexibility index (Phi) is 7.46. The van der Waals surface area contributed by atoms with Crippen molar-refractivity contribution in [2.45, 2.75) is 51.3 Å². The second-order valence-corrected chi connectivity index (χ2v) is 9.07. The van der Waals surface area contributed by atoms with Crippen LogP contribution in [0, 0.1) is 0 Å². The molecule has 0 unspecified atom stereocenters. The standard InChI is InChI=1S/C23H26Cl2N2O4/c1-23(2,22(29)30)31-18-9-6-15(7-10-18)13-27(17-4-3-5-17)14-21(28)26-20-11-8-16(24)12-19(20)25/h6-12,17H,3-5,13-14H2,1-2H3,(H,26,28)(H,29,30). The van der Waals surface area contributed by atoms with Crippen molar-refractivity contribution in [2.24, 2.45) is 0 Å². The molecule has 3 rings (SSSR count). The molecule has 8 heteroatoms. The van der Waals surface area contributed by atoms with E-state index in [1.54, 1.807) is 30.3 Å². The van der Waals surface area contributed by atoms with E-state index < -0.39 is 11.6 Å². The molecule has 31 heavy (non-hydrogen) atoms. The van der Waals surface area contributed by atoms with Gasteiger partial charge in [-0.2, -0.15) is 0 Å². The Labute approximate surface area is 192 Å². The Morgan fingerprint density at radius 1 is 1.16 bits per heavy atom. The van der Waals surface area contributed by atoms with Gasteiger partial charge in [-0.05, 0) is 62.6 Å². The number of hydrogen-bond acceptors (Lipinski definition) is 4. The number of benzene rings is 2. The number of carbonyl (C=O) groups excluding carboxylic acids is 1. The first-order valence-electron chi connectivity index (χ1n) is 10.1. The number of halogens is 2. The second-order valence-electron chi connectivity index (χ2n) is 8.22. The van der Waals surface area contributed by atoms with Crippen LogP contribution in [-0.4, -0.2) is 40.1 Å². The third kappa shape index (κ3) is 6.35. The van der Waals surface area contributed by atoms with Crippen LogP contribution in [0.15, 0.2) is 42.5 Å². The molecule has 2 aromatic rings. The molecule has 0 aliphatic heterocycles. The van der Waals surface area contributed by atoms with Crippen LogP contribution in [0.1, 0.15) is 38.7 Å². The van der Waals surface area contributed by atoms with Gasteiger partial charge in [0.25, 0.3) is 0 Å². The molecular formula is C23H26Cl2N2O4. The van der Waals surface area contributed by atoms with E-state index in [1.165, 1.54) is 13.8 Å². The summed E-state index contributed by atoms with van der Waals surface area (Å²) in [6, 6.07) is 12.6. The number of amides is 1. The van der Waals surface area contributed by atoms with Gasteiger partial charge >= 0.3 is 5.97 Å². The van der Waals surface area contributed by atoms with Gasteiger partial charge in [-0.15, -0.1) is 0 Å². The summed E-state index contributed by atoms with van der Waals surface area (Å²) in [6.07, 6.45) is 3.27. The number of aliphatic carboxylic acids is 1. The predicted molar refractivity (Wildman–Crippen MR) is 122 cm³/mol. The molecule has 2 N–H and O–H groups in total. The lowest BCUT2D eigenvalue weighted by Crippen LogP contribution is -2.43. The summed E-state index contributed by atoms with van der Waals surface area (Å²) in [5, 5.41) is 13.0. The average Bonchev–Trinajstić information content (AvgIpc) is 2.64. The number of ether oxygens (including phenoxy) is 1. The minimum absolute atomic E-state index is 0.140. The number of carboxylic acid groups (broad SMARTS) is 1. The van der Waals surface area contributed by atoms with Gasteiger partial charge in [0, 0.05) is 17.6 Å². The first kappa shape index (κ1) is 23.4. The molecule has 0 heterocycles. The van der Waals surface area contributed by atoms with Crippen LogP contribution in [0.25, 0.3) is 0 Å². The monoisotopic (exact) mass is 464 g/mol. The summed E-state index contributed by atoms with van der Waals surface area (Å²) in [5.74, 6) is -0.680. The number of hydrogen-bond donors (Lipinski definition) is 2. The zero-order valence-electron chi connectivity index (χ0n) is 17.5. The highest BCUT2D eigenvalue weighted by atomic mass is 35.5. The van der Waals surface area contributed by atoms with Gasteiger partial charge < -0.3 is 15.2 Å². The molecule has 2 aromatic carbocycles. The van der Waals surface area contributed by atoms with Gasteiger partial charge in [-0.25, -0.2) is 4.79 Å². The summed E-state index contributed by atoms with van der Waals surface area (Å²) in [5.41, 5.74) is 0.248. The average molecular weight is 465 g/mol. The van der Waals surface area contributed by atoms with E-state index >= 15 is 0 Å². The van der Waals surface area contributed by atoms with Crippen LogP contribution in [0.3, 0.4) is 0 Å². The van der Waals surface area contributed by atoms with E-state index in [9.17, 15) is 14.7 Å². The van der Waals surface area contributed by atoms with Crippen molar-refractivity contribution < 1.29 is 19.4 Å². The molecule has 0 bridgehead atoms. The van der Waals surface area contributed by atoms with E-state index in [2.05, 4.69) is 10.2 Å². The Morgan fingerprint density at radius 2 is 1.84 bits per heavy atom. The number of nitrogens with zero attached hydrogens (tertiary/aromatic N) is 1. The second kappa shape index (κ2) is 9.90. The van der Waals surface area contributed by atoms with Crippen LogP contribution in [0.2, 0.25) is 10.0 Å². The SMILES string of the molecule is CC(C)(Oc1ccc(CN(CC(=O)Nc2ccc(Cl)cc2Cl)C2CCC2)cc1)C(=O)O. The lowest BCUT2D eigenvalue weighted by atomic mass is 9.91. The fourth-order valence-electron chi connectivity index (χ4n) is 3.27. The van der Waals surface area contributed by atoms with Crippen LogP contribution < -0.4 is 10.1 Å². The maximum atomic E-state index is 12.6. The maximum Gasteiger partial charge on any atom is 0.347 e. The minimum atomic E-state index is -1.31. The Hall–Kier alpha value is -2.28. The van der Waals surface area contributed by atoms with Crippen molar-refractivity contribution in [1.82, 2.24) is 4.90 Å². The van der Waals surface area contributed by atoms with Crippen LogP contribution >= 0.6 is 23.2 Å². The van der Waals surface area contributed by atoms with E-state index in [-0.39, 0.29) is 12.5 Å². The minimum Gasteiger partial charge on any atom is -0.478 e. The third-order valence-corrected chi connectivity index (χ3v) is 5.89. The molecule has 1 amide bonds. The summed E-state index contributed by atoms with van der Waals surface area (Å²) >= 11 is 12.1. The topological polar surface area (TPSA) is 78.9 Å². The molecular weight excluding hydrogens is 439 g/mol. The van der Waals surface area contributed by atoms with Gasteiger partial charge in [0.05, 0.1) is 17.3 Å². The van der Waals surface area contributed by atoms with Gasteiger partial charge in [0.1, 0.15) is 5.75 Å². The van der Waals surface area contributed by atoms with Gasteiger partial charge in [0.2, 0.25) is 5.91 Å². The van der Waals surface area contributed by atoms with E-state index in [0.29, 0.717) is 34.1 Å². The zero-order valence-corrected chi connectivity index (χ0v) is 19.0. The lowest BCUT2D eigenvalue weighted by Gasteiger charge is -2.37. The van der Waals surface area contributed by atoms with Crippen molar-refractivity contribution in [3.8, 4) is 5.75 Å². The quantitative estimate of drug-likeness (QED) is 0.531. The highest BCUT2D eigenvalue weighted by molar-refractivity contribution is 6.36. The first-order valence-corrected chi connectivity index (χ1v) is 10.9. The summed E-state index contributed by atoms with van der Waals surface area (Å²) < 4.78 is 5.55. The van der Waals surface area contributed by atoms with Gasteiger partial charge in [-0.3, -0.25) is 9.69 Å². The van der Waals surface area contributed by atoms with Gasteiger partial charge in [-0.1, -0.05) is 41.8 Å². The number of anilines is 1. The molecule has 0 aromatic heterocycles. The van der Waals surface area contributed by atoms with Crippen molar-refractivity contribution in [2.75, 3.05) is 11.9 Å².